The van der Waals surface area contributed by atoms with Crippen molar-refractivity contribution < 1.29 is 19.1 Å². The Balaban J connectivity index is 1.30. The summed E-state index contributed by atoms with van der Waals surface area (Å²) in [5, 5.41) is 0. The zero-order valence-corrected chi connectivity index (χ0v) is 21.6. The van der Waals surface area contributed by atoms with Gasteiger partial charge >= 0.3 is 11.9 Å². The number of cyclic esters (lactones) is 2. The predicted octanol–water partition coefficient (Wildman–Crippen LogP) is 6.86. The van der Waals surface area contributed by atoms with Crippen molar-refractivity contribution in [1.29, 1.82) is 0 Å². The fraction of sp³-hybridized carbons (Fsp3) is 0.111. The summed E-state index contributed by atoms with van der Waals surface area (Å²) in [6.45, 7) is 0. The molecule has 2 aliphatic heterocycles. The second-order valence-corrected chi connectivity index (χ2v) is 10.3. The Morgan fingerprint density at radius 2 is 0.625 bits per heavy atom. The number of carbonyl (C=O) groups is 2. The molecule has 2 atom stereocenters. The summed E-state index contributed by atoms with van der Waals surface area (Å²) in [5.41, 5.74) is 3.46. The van der Waals surface area contributed by atoms with Crippen LogP contribution >= 0.6 is 0 Å². The van der Waals surface area contributed by atoms with Crippen molar-refractivity contribution in [2.24, 2.45) is 0 Å². The number of hydrogen-bond acceptors (Lipinski definition) is 4. The minimum atomic E-state index is -0.940. The van der Waals surface area contributed by atoms with Gasteiger partial charge in [-0.05, 0) is 33.4 Å². The largest absolute Gasteiger partial charge is 0.454 e. The van der Waals surface area contributed by atoms with Crippen molar-refractivity contribution in [3.05, 3.63) is 179 Å². The van der Waals surface area contributed by atoms with Crippen molar-refractivity contribution in [3.8, 4) is 0 Å². The number of carbonyl (C=O) groups excluding carboxylic acids is 2. The van der Waals surface area contributed by atoms with Crippen LogP contribution in [0.25, 0.3) is 0 Å². The van der Waals surface area contributed by atoms with Gasteiger partial charge in [0.2, 0.25) is 0 Å². The second kappa shape index (κ2) is 9.35. The third-order valence-corrected chi connectivity index (χ3v) is 8.34. The van der Waals surface area contributed by atoms with E-state index in [0.29, 0.717) is 0 Å². The van der Waals surface area contributed by atoms with Crippen LogP contribution in [0.2, 0.25) is 0 Å². The first-order chi connectivity index (χ1) is 19.7. The van der Waals surface area contributed by atoms with Crippen LogP contribution in [0.15, 0.2) is 146 Å². The average Bonchev–Trinajstić information content (AvgIpc) is 3.01. The quantitative estimate of drug-likeness (QED) is 0.229. The zero-order chi connectivity index (χ0) is 27.2. The topological polar surface area (TPSA) is 52.6 Å². The number of hydrogen-bond donors (Lipinski definition) is 0. The minimum absolute atomic E-state index is 0.265. The molecule has 2 heterocycles. The van der Waals surface area contributed by atoms with E-state index < -0.39 is 23.0 Å². The molecule has 2 fully saturated rings. The van der Waals surface area contributed by atoms with E-state index in [9.17, 15) is 9.59 Å². The number of benzene rings is 5. The molecule has 40 heavy (non-hydrogen) atoms. The zero-order valence-electron chi connectivity index (χ0n) is 21.6. The molecule has 0 aromatic heterocycles. The molecule has 5 aromatic rings. The monoisotopic (exact) mass is 522 g/mol. The maximum absolute atomic E-state index is 13.3. The van der Waals surface area contributed by atoms with Crippen LogP contribution in [0.5, 0.6) is 0 Å². The number of rotatable bonds is 6. The van der Waals surface area contributed by atoms with Crippen LogP contribution in [0.3, 0.4) is 0 Å². The van der Waals surface area contributed by atoms with E-state index in [1.807, 2.05) is 146 Å². The SMILES string of the molecule is O=C1O[C@@H](c2ccc([C@@H]3OC(=O)C3(c3ccccc3)c3ccccc3)cc2)C1(c1ccccc1)c1ccccc1. The predicted molar refractivity (Wildman–Crippen MR) is 151 cm³/mol. The molecule has 5 aromatic carbocycles. The molecule has 0 spiro atoms. The molecule has 7 rings (SSSR count). The Hall–Kier alpha value is -4.96. The molecule has 0 bridgehead atoms. The normalized spacial score (nSPS) is 20.4. The first-order valence-corrected chi connectivity index (χ1v) is 13.4. The van der Waals surface area contributed by atoms with Gasteiger partial charge in [0.15, 0.2) is 23.0 Å². The van der Waals surface area contributed by atoms with Crippen LogP contribution in [0.1, 0.15) is 45.6 Å². The summed E-state index contributed by atoms with van der Waals surface area (Å²) < 4.78 is 11.7. The van der Waals surface area contributed by atoms with Gasteiger partial charge in [-0.25, -0.2) is 0 Å². The Kier molecular flexibility index (Phi) is 5.64. The van der Waals surface area contributed by atoms with Gasteiger partial charge in [0.05, 0.1) is 0 Å². The summed E-state index contributed by atoms with van der Waals surface area (Å²) in [6.07, 6.45) is -0.980. The molecular weight excluding hydrogens is 496 g/mol. The molecule has 194 valence electrons. The summed E-state index contributed by atoms with van der Waals surface area (Å²) in [6, 6.07) is 47.2. The fourth-order valence-corrected chi connectivity index (χ4v) is 6.37. The molecule has 0 saturated carbocycles. The molecular formula is C36H26O4. The molecule has 2 saturated heterocycles. The highest BCUT2D eigenvalue weighted by molar-refractivity contribution is 5.95. The van der Waals surface area contributed by atoms with Crippen molar-refractivity contribution in [2.45, 2.75) is 23.0 Å². The van der Waals surface area contributed by atoms with E-state index in [4.69, 9.17) is 9.47 Å². The van der Waals surface area contributed by atoms with Crippen LogP contribution in [-0.4, -0.2) is 11.9 Å². The van der Waals surface area contributed by atoms with Gasteiger partial charge < -0.3 is 9.47 Å². The van der Waals surface area contributed by atoms with Crippen molar-refractivity contribution in [3.63, 3.8) is 0 Å². The van der Waals surface area contributed by atoms with E-state index in [0.717, 1.165) is 33.4 Å². The first-order valence-electron chi connectivity index (χ1n) is 13.4. The molecule has 4 heteroatoms. The van der Waals surface area contributed by atoms with Gasteiger partial charge in [-0.2, -0.15) is 0 Å². The summed E-state index contributed by atoms with van der Waals surface area (Å²) in [5.74, 6) is -0.529. The summed E-state index contributed by atoms with van der Waals surface area (Å²) in [7, 11) is 0. The van der Waals surface area contributed by atoms with Crippen molar-refractivity contribution in [1.82, 2.24) is 0 Å². The molecule has 0 unspecified atom stereocenters. The molecule has 0 N–H and O–H groups in total. The molecule has 0 aliphatic carbocycles. The summed E-state index contributed by atoms with van der Waals surface area (Å²) >= 11 is 0. The second-order valence-electron chi connectivity index (χ2n) is 10.3. The highest BCUT2D eigenvalue weighted by Gasteiger charge is 2.62. The van der Waals surface area contributed by atoms with Gasteiger partial charge in [0.1, 0.15) is 0 Å². The van der Waals surface area contributed by atoms with Gasteiger partial charge in [-0.3, -0.25) is 9.59 Å². The van der Waals surface area contributed by atoms with Gasteiger partial charge in [-0.15, -0.1) is 0 Å². The van der Waals surface area contributed by atoms with Crippen LogP contribution < -0.4 is 0 Å². The minimum Gasteiger partial charge on any atom is -0.454 e. The van der Waals surface area contributed by atoms with Crippen molar-refractivity contribution in [2.75, 3.05) is 0 Å². The highest BCUT2D eigenvalue weighted by Crippen LogP contribution is 2.56. The van der Waals surface area contributed by atoms with Crippen LogP contribution in [-0.2, 0) is 29.9 Å². The molecule has 2 aliphatic rings. The first kappa shape index (κ1) is 24.1. The van der Waals surface area contributed by atoms with Crippen LogP contribution in [0, 0.1) is 0 Å². The summed E-state index contributed by atoms with van der Waals surface area (Å²) in [4.78, 5) is 26.6. The Bertz CT molecular complexity index is 1460. The van der Waals surface area contributed by atoms with E-state index >= 15 is 0 Å². The van der Waals surface area contributed by atoms with Crippen molar-refractivity contribution >= 4 is 11.9 Å². The maximum atomic E-state index is 13.3. The number of esters is 2. The smallest absolute Gasteiger partial charge is 0.325 e. The maximum Gasteiger partial charge on any atom is 0.325 e. The lowest BCUT2D eigenvalue weighted by Crippen LogP contribution is -2.55. The van der Waals surface area contributed by atoms with Gasteiger partial charge in [0.25, 0.3) is 0 Å². The third-order valence-electron chi connectivity index (χ3n) is 8.34. The molecule has 4 nitrogen and oxygen atoms in total. The third kappa shape index (κ3) is 3.32. The van der Waals surface area contributed by atoms with Gasteiger partial charge in [0, 0.05) is 0 Å². The molecule has 0 radical (unpaired) electrons. The fourth-order valence-electron chi connectivity index (χ4n) is 6.37. The van der Waals surface area contributed by atoms with Gasteiger partial charge in [-0.1, -0.05) is 146 Å². The van der Waals surface area contributed by atoms with Crippen LogP contribution in [0.4, 0.5) is 0 Å². The standard InChI is InChI=1S/C36H26O4/c37-33-35(27-13-5-1-6-14-27,28-15-7-2-8-16-28)31(39-33)25-21-23-26(24-22-25)32-36(34(38)40-32,29-17-9-3-10-18-29)30-19-11-4-12-20-30/h1-24,31-32H/t31-,32-/m0/s1. The number of ether oxygens (including phenoxy) is 2. The van der Waals surface area contributed by atoms with E-state index in [1.165, 1.54) is 0 Å². The average molecular weight is 523 g/mol. The van der Waals surface area contributed by atoms with E-state index in [-0.39, 0.29) is 11.9 Å². The lowest BCUT2D eigenvalue weighted by atomic mass is 9.64. The van der Waals surface area contributed by atoms with E-state index in [1.54, 1.807) is 0 Å². The highest BCUT2D eigenvalue weighted by atomic mass is 16.6. The lowest BCUT2D eigenvalue weighted by molar-refractivity contribution is -0.188. The Morgan fingerprint density at radius 1 is 0.375 bits per heavy atom. The van der Waals surface area contributed by atoms with E-state index in [2.05, 4.69) is 0 Å². The Morgan fingerprint density at radius 3 is 0.850 bits per heavy atom. The Labute approximate surface area is 232 Å². The molecule has 0 amide bonds. The lowest BCUT2D eigenvalue weighted by Gasteiger charge is -2.48.